The number of nitrogens with one attached hydrogen (secondary N) is 1. The second kappa shape index (κ2) is 10.9. The van der Waals surface area contributed by atoms with Crippen molar-refractivity contribution in [2.45, 2.75) is 18.9 Å². The minimum Gasteiger partial charge on any atom is -0.379 e. The van der Waals surface area contributed by atoms with Crippen LogP contribution >= 0.6 is 0 Å². The second-order valence-corrected chi connectivity index (χ2v) is 9.38. The monoisotopic (exact) mass is 498 g/mol. The highest BCUT2D eigenvalue weighted by molar-refractivity contribution is 6.13. The molecule has 1 aliphatic heterocycles. The molecule has 3 amide bonds. The van der Waals surface area contributed by atoms with Crippen LogP contribution in [0.5, 0.6) is 0 Å². The van der Waals surface area contributed by atoms with Crippen LogP contribution in [0, 0.1) is 0 Å². The number of nitrogens with zero attached hydrogens (tertiary/aromatic N) is 2. The van der Waals surface area contributed by atoms with Crippen molar-refractivity contribution >= 4 is 29.1 Å². The van der Waals surface area contributed by atoms with E-state index in [1.165, 1.54) is 12.1 Å². The summed E-state index contributed by atoms with van der Waals surface area (Å²) in [5.41, 5.74) is 9.27. The standard InChI is InChI=1S/C29H30N4O4/c30-28(35)22-8-13-25(26(18-22)31-27(34)19-32-14-16-37-17-15-32)29(36)33(24-11-12-24)23-9-6-21(7-10-23)20-4-2-1-3-5-20/h1-10,13,18,24H,11-12,14-17,19H2,(H2,30,35)(H,31,34). The molecule has 0 unspecified atom stereocenters. The van der Waals surface area contributed by atoms with E-state index in [2.05, 4.69) is 5.32 Å². The lowest BCUT2D eigenvalue weighted by atomic mass is 10.0. The Morgan fingerprint density at radius 1 is 0.919 bits per heavy atom. The van der Waals surface area contributed by atoms with Crippen LogP contribution < -0.4 is 16.0 Å². The number of hydrogen-bond donors (Lipinski definition) is 2. The van der Waals surface area contributed by atoms with Gasteiger partial charge in [-0.15, -0.1) is 0 Å². The van der Waals surface area contributed by atoms with E-state index in [1.54, 1.807) is 11.0 Å². The molecule has 0 bridgehead atoms. The van der Waals surface area contributed by atoms with Crippen LogP contribution in [0.2, 0.25) is 0 Å². The highest BCUT2D eigenvalue weighted by atomic mass is 16.5. The fourth-order valence-electron chi connectivity index (χ4n) is 4.54. The van der Waals surface area contributed by atoms with Crippen molar-refractivity contribution in [2.75, 3.05) is 43.1 Å². The quantitative estimate of drug-likeness (QED) is 0.494. The molecule has 1 heterocycles. The van der Waals surface area contributed by atoms with Crippen molar-refractivity contribution < 1.29 is 19.1 Å². The molecular weight excluding hydrogens is 468 g/mol. The molecule has 8 nitrogen and oxygen atoms in total. The number of carbonyl (C=O) groups is 3. The molecule has 3 aromatic carbocycles. The highest BCUT2D eigenvalue weighted by Gasteiger charge is 2.35. The van der Waals surface area contributed by atoms with Crippen molar-refractivity contribution in [1.82, 2.24) is 4.90 Å². The number of morpholine rings is 1. The van der Waals surface area contributed by atoms with Crippen LogP contribution in [0.25, 0.3) is 11.1 Å². The summed E-state index contributed by atoms with van der Waals surface area (Å²) in [6.07, 6.45) is 1.81. The molecule has 1 saturated carbocycles. The molecule has 3 N–H and O–H groups in total. The van der Waals surface area contributed by atoms with Gasteiger partial charge in [0.1, 0.15) is 0 Å². The Morgan fingerprint density at radius 2 is 1.59 bits per heavy atom. The zero-order valence-corrected chi connectivity index (χ0v) is 20.6. The fraction of sp³-hybridized carbons (Fsp3) is 0.276. The van der Waals surface area contributed by atoms with Gasteiger partial charge in [-0.25, -0.2) is 0 Å². The molecule has 1 aliphatic carbocycles. The SMILES string of the molecule is NC(=O)c1ccc(C(=O)N(c2ccc(-c3ccccc3)cc2)C2CC2)c(NC(=O)CN2CCOCC2)c1. The van der Waals surface area contributed by atoms with Gasteiger partial charge in [0.25, 0.3) is 5.91 Å². The van der Waals surface area contributed by atoms with Crippen molar-refractivity contribution in [2.24, 2.45) is 5.73 Å². The summed E-state index contributed by atoms with van der Waals surface area (Å²) >= 11 is 0. The third-order valence-electron chi connectivity index (χ3n) is 6.66. The maximum Gasteiger partial charge on any atom is 0.260 e. The van der Waals surface area contributed by atoms with Gasteiger partial charge in [-0.1, -0.05) is 42.5 Å². The van der Waals surface area contributed by atoms with Gasteiger partial charge < -0.3 is 20.7 Å². The first-order chi connectivity index (χ1) is 18.0. The average molecular weight is 499 g/mol. The molecule has 0 radical (unpaired) electrons. The zero-order chi connectivity index (χ0) is 25.8. The third-order valence-corrected chi connectivity index (χ3v) is 6.66. The van der Waals surface area contributed by atoms with Gasteiger partial charge in [-0.05, 0) is 54.3 Å². The second-order valence-electron chi connectivity index (χ2n) is 9.38. The van der Waals surface area contributed by atoms with Crippen LogP contribution in [0.1, 0.15) is 33.6 Å². The first-order valence-corrected chi connectivity index (χ1v) is 12.5. The van der Waals surface area contributed by atoms with E-state index >= 15 is 0 Å². The minimum absolute atomic E-state index is 0.0859. The first kappa shape index (κ1) is 24.7. The van der Waals surface area contributed by atoms with Gasteiger partial charge >= 0.3 is 0 Å². The molecule has 2 aliphatic rings. The summed E-state index contributed by atoms with van der Waals surface area (Å²) in [5.74, 6) is -1.12. The van der Waals surface area contributed by atoms with Crippen LogP contribution in [-0.4, -0.2) is 61.5 Å². The lowest BCUT2D eigenvalue weighted by Gasteiger charge is -2.26. The van der Waals surface area contributed by atoms with Crippen LogP contribution in [0.15, 0.2) is 72.8 Å². The molecule has 0 spiro atoms. The number of rotatable bonds is 8. The maximum absolute atomic E-state index is 13.9. The number of hydrogen-bond acceptors (Lipinski definition) is 5. The topological polar surface area (TPSA) is 105 Å². The summed E-state index contributed by atoms with van der Waals surface area (Å²) in [7, 11) is 0. The van der Waals surface area contributed by atoms with E-state index in [0.717, 1.165) is 29.7 Å². The predicted molar refractivity (Wildman–Crippen MR) is 143 cm³/mol. The number of amides is 3. The average Bonchev–Trinajstić information content (AvgIpc) is 3.75. The number of benzene rings is 3. The van der Waals surface area contributed by atoms with Gasteiger partial charge in [-0.2, -0.15) is 0 Å². The first-order valence-electron chi connectivity index (χ1n) is 12.5. The van der Waals surface area contributed by atoms with Crippen molar-refractivity contribution in [3.05, 3.63) is 83.9 Å². The third kappa shape index (κ3) is 5.87. The number of anilines is 2. The number of primary amides is 1. The van der Waals surface area contributed by atoms with Crippen molar-refractivity contribution in [1.29, 1.82) is 0 Å². The Hall–Kier alpha value is -4.01. The summed E-state index contributed by atoms with van der Waals surface area (Å²) in [4.78, 5) is 42.4. The van der Waals surface area contributed by atoms with Gasteiger partial charge in [0.15, 0.2) is 0 Å². The molecule has 1 saturated heterocycles. The summed E-state index contributed by atoms with van der Waals surface area (Å²) in [6.45, 7) is 2.65. The molecule has 3 aromatic rings. The number of ether oxygens (including phenoxy) is 1. The van der Waals surface area contributed by atoms with E-state index < -0.39 is 5.91 Å². The molecule has 2 fully saturated rings. The smallest absolute Gasteiger partial charge is 0.260 e. The van der Waals surface area contributed by atoms with E-state index in [4.69, 9.17) is 10.5 Å². The van der Waals surface area contributed by atoms with E-state index in [-0.39, 0.29) is 35.7 Å². The number of nitrogens with two attached hydrogens (primary N) is 1. The molecule has 0 aromatic heterocycles. The van der Waals surface area contributed by atoms with Crippen molar-refractivity contribution in [3.8, 4) is 11.1 Å². The number of carbonyl (C=O) groups excluding carboxylic acids is 3. The van der Waals surface area contributed by atoms with Crippen molar-refractivity contribution in [3.63, 3.8) is 0 Å². The molecular formula is C29H30N4O4. The Labute approximate surface area is 216 Å². The van der Waals surface area contributed by atoms with Gasteiger partial charge in [-0.3, -0.25) is 19.3 Å². The largest absolute Gasteiger partial charge is 0.379 e. The molecule has 8 heteroatoms. The maximum atomic E-state index is 13.9. The zero-order valence-electron chi connectivity index (χ0n) is 20.6. The van der Waals surface area contributed by atoms with Gasteiger partial charge in [0.05, 0.1) is 31.0 Å². The van der Waals surface area contributed by atoms with Crippen LogP contribution in [0.4, 0.5) is 11.4 Å². The van der Waals surface area contributed by atoms with Crippen LogP contribution in [0.3, 0.4) is 0 Å². The Bertz CT molecular complexity index is 1280. The Morgan fingerprint density at radius 3 is 2.24 bits per heavy atom. The highest BCUT2D eigenvalue weighted by Crippen LogP contribution is 2.35. The van der Waals surface area contributed by atoms with Crippen LogP contribution in [-0.2, 0) is 9.53 Å². The Balaban J connectivity index is 1.41. The lowest BCUT2D eigenvalue weighted by molar-refractivity contribution is -0.118. The normalized spacial score (nSPS) is 15.7. The summed E-state index contributed by atoms with van der Waals surface area (Å²) in [5, 5.41) is 2.85. The summed E-state index contributed by atoms with van der Waals surface area (Å²) < 4.78 is 5.35. The van der Waals surface area contributed by atoms with E-state index in [0.29, 0.717) is 31.9 Å². The lowest BCUT2D eigenvalue weighted by Crippen LogP contribution is -2.41. The van der Waals surface area contributed by atoms with Gasteiger partial charge in [0.2, 0.25) is 11.8 Å². The Kier molecular flexibility index (Phi) is 7.30. The summed E-state index contributed by atoms with van der Waals surface area (Å²) in [6, 6.07) is 22.6. The molecule has 5 rings (SSSR count). The predicted octanol–water partition coefficient (Wildman–Crippen LogP) is 3.53. The van der Waals surface area contributed by atoms with E-state index in [9.17, 15) is 14.4 Å². The molecule has 190 valence electrons. The molecule has 0 atom stereocenters. The van der Waals surface area contributed by atoms with E-state index in [1.807, 2.05) is 59.5 Å². The molecule has 37 heavy (non-hydrogen) atoms. The van der Waals surface area contributed by atoms with Gasteiger partial charge in [0, 0.05) is 30.4 Å². The minimum atomic E-state index is -0.627. The fourth-order valence-corrected chi connectivity index (χ4v) is 4.54.